The van der Waals surface area contributed by atoms with Gasteiger partial charge in [-0.3, -0.25) is 4.40 Å². The second-order valence-corrected chi connectivity index (χ2v) is 9.96. The predicted octanol–water partition coefficient (Wildman–Crippen LogP) is 3.25. The molecule has 8 nitrogen and oxygen atoms in total. The average molecular weight is 488 g/mol. The minimum Gasteiger partial charge on any atom is -0.377 e. The molecule has 0 radical (unpaired) electrons. The first kappa shape index (κ1) is 20.8. The summed E-state index contributed by atoms with van der Waals surface area (Å²) in [7, 11) is -4.02. The van der Waals surface area contributed by atoms with E-state index in [1.54, 1.807) is 6.92 Å². The maximum Gasteiger partial charge on any atom is 0.445 e. The summed E-state index contributed by atoms with van der Waals surface area (Å²) in [5.74, 6) is -0.116. The van der Waals surface area contributed by atoms with Crippen molar-refractivity contribution in [1.29, 1.82) is 0 Å². The molecule has 0 aromatic carbocycles. The standard InChI is InChI=1S/C14H10Cl2F3N5O3S2/c1-13(4-27-5-13)23-29(25,26)6-2-7(15)8-9(16)20-10(24(8)3-6)11-21-22-12(28-11)14(17,18)19/h2-3,23H,4-5H2,1H3. The van der Waals surface area contributed by atoms with Crippen LogP contribution < -0.4 is 4.72 Å². The molecule has 3 aromatic rings. The number of imidazole rings is 1. The first-order valence-corrected chi connectivity index (χ1v) is 10.9. The number of halogens is 5. The quantitative estimate of drug-likeness (QED) is 0.606. The fraction of sp³-hybridized carbons (Fsp3) is 0.357. The number of alkyl halides is 3. The highest BCUT2D eigenvalue weighted by Gasteiger charge is 2.39. The van der Waals surface area contributed by atoms with Crippen LogP contribution in [0.25, 0.3) is 16.3 Å². The summed E-state index contributed by atoms with van der Waals surface area (Å²) in [5, 5.41) is 5.07. The van der Waals surface area contributed by atoms with E-state index >= 15 is 0 Å². The molecule has 0 atom stereocenters. The Balaban J connectivity index is 1.84. The van der Waals surface area contributed by atoms with Gasteiger partial charge < -0.3 is 4.74 Å². The Morgan fingerprint density at radius 1 is 1.31 bits per heavy atom. The molecule has 29 heavy (non-hydrogen) atoms. The Morgan fingerprint density at radius 3 is 2.55 bits per heavy atom. The molecule has 1 fully saturated rings. The molecule has 4 rings (SSSR count). The number of ether oxygens (including phenoxy) is 1. The van der Waals surface area contributed by atoms with Crippen molar-refractivity contribution in [2.24, 2.45) is 0 Å². The average Bonchev–Trinajstić information content (AvgIpc) is 3.18. The predicted molar refractivity (Wildman–Crippen MR) is 98.7 cm³/mol. The van der Waals surface area contributed by atoms with Gasteiger partial charge in [-0.1, -0.05) is 34.5 Å². The molecule has 1 saturated heterocycles. The van der Waals surface area contributed by atoms with E-state index in [1.165, 1.54) is 10.5 Å². The summed E-state index contributed by atoms with van der Waals surface area (Å²) in [6.07, 6.45) is -3.52. The number of rotatable bonds is 4. The molecule has 156 valence electrons. The maximum atomic E-state index is 12.9. The van der Waals surface area contributed by atoms with Crippen LogP contribution in [0.3, 0.4) is 0 Å². The fourth-order valence-corrected chi connectivity index (χ4v) is 5.46. The first-order valence-electron chi connectivity index (χ1n) is 7.80. The van der Waals surface area contributed by atoms with Crippen LogP contribution in [0.15, 0.2) is 17.2 Å². The molecule has 1 N–H and O–H groups in total. The second kappa shape index (κ2) is 6.75. The number of hydrogen-bond acceptors (Lipinski definition) is 7. The van der Waals surface area contributed by atoms with Crippen molar-refractivity contribution < 1.29 is 26.3 Å². The highest BCUT2D eigenvalue weighted by Crippen LogP contribution is 2.37. The number of nitrogens with one attached hydrogen (secondary N) is 1. The van der Waals surface area contributed by atoms with Crippen molar-refractivity contribution in [3.63, 3.8) is 0 Å². The van der Waals surface area contributed by atoms with Gasteiger partial charge in [0.15, 0.2) is 16.0 Å². The van der Waals surface area contributed by atoms with E-state index in [0.29, 0.717) is 0 Å². The minimum atomic E-state index is -4.68. The minimum absolute atomic E-state index is 0.0489. The van der Waals surface area contributed by atoms with Crippen molar-refractivity contribution in [3.8, 4) is 10.8 Å². The topological polar surface area (TPSA) is 98.5 Å². The van der Waals surface area contributed by atoms with Gasteiger partial charge in [-0.15, -0.1) is 10.2 Å². The highest BCUT2D eigenvalue weighted by molar-refractivity contribution is 7.89. The molecular weight excluding hydrogens is 478 g/mol. The Morgan fingerprint density at radius 2 is 2.00 bits per heavy atom. The zero-order chi connectivity index (χ0) is 21.2. The molecule has 1 aliphatic heterocycles. The number of hydrogen-bond donors (Lipinski definition) is 1. The van der Waals surface area contributed by atoms with Crippen LogP contribution in [0.4, 0.5) is 13.2 Å². The maximum absolute atomic E-state index is 12.9. The Bertz CT molecular complexity index is 1220. The van der Waals surface area contributed by atoms with Gasteiger partial charge >= 0.3 is 6.18 Å². The molecule has 15 heteroatoms. The molecule has 0 spiro atoms. The Kier molecular flexibility index (Phi) is 4.83. The smallest absolute Gasteiger partial charge is 0.377 e. The van der Waals surface area contributed by atoms with Crippen molar-refractivity contribution in [2.45, 2.75) is 23.5 Å². The van der Waals surface area contributed by atoms with Crippen molar-refractivity contribution in [2.75, 3.05) is 13.2 Å². The summed E-state index contributed by atoms with van der Waals surface area (Å²) in [6.45, 7) is 2.08. The van der Waals surface area contributed by atoms with E-state index in [-0.39, 0.29) is 56.0 Å². The van der Waals surface area contributed by atoms with E-state index in [9.17, 15) is 21.6 Å². The zero-order valence-corrected chi connectivity index (χ0v) is 17.4. The highest BCUT2D eigenvalue weighted by atomic mass is 35.5. The van der Waals surface area contributed by atoms with Gasteiger partial charge in [0.1, 0.15) is 10.4 Å². The normalized spacial score (nSPS) is 16.9. The monoisotopic (exact) mass is 487 g/mol. The van der Waals surface area contributed by atoms with Crippen LogP contribution in [-0.4, -0.2) is 46.8 Å². The number of sulfonamides is 1. The first-order chi connectivity index (χ1) is 13.4. The third-order valence-electron chi connectivity index (χ3n) is 4.01. The van der Waals surface area contributed by atoms with Crippen LogP contribution in [-0.2, 0) is 20.9 Å². The lowest BCUT2D eigenvalue weighted by atomic mass is 10.0. The lowest BCUT2D eigenvalue weighted by Gasteiger charge is -2.38. The van der Waals surface area contributed by atoms with Gasteiger partial charge in [-0.25, -0.2) is 18.1 Å². The lowest BCUT2D eigenvalue weighted by molar-refractivity contribution is -0.138. The summed E-state index contributed by atoms with van der Waals surface area (Å²) in [6, 6.07) is 1.18. The molecule has 0 saturated carbocycles. The third kappa shape index (κ3) is 3.70. The number of pyridine rings is 1. The molecule has 0 bridgehead atoms. The molecule has 3 aromatic heterocycles. The van der Waals surface area contributed by atoms with Gasteiger partial charge in [0.25, 0.3) is 0 Å². The van der Waals surface area contributed by atoms with Crippen molar-refractivity contribution in [1.82, 2.24) is 24.3 Å². The van der Waals surface area contributed by atoms with Crippen LogP contribution >= 0.6 is 34.5 Å². The molecular formula is C14H10Cl2F3N5O3S2. The largest absolute Gasteiger partial charge is 0.445 e. The van der Waals surface area contributed by atoms with Gasteiger partial charge in [0, 0.05) is 6.20 Å². The van der Waals surface area contributed by atoms with Crippen molar-refractivity contribution in [3.05, 3.63) is 27.4 Å². The van der Waals surface area contributed by atoms with E-state index in [4.69, 9.17) is 27.9 Å². The Hall–Kier alpha value is -1.51. The van der Waals surface area contributed by atoms with Gasteiger partial charge in [-0.2, -0.15) is 13.2 Å². The molecule has 0 amide bonds. The Labute approximate surface area is 175 Å². The molecule has 0 unspecified atom stereocenters. The van der Waals surface area contributed by atoms with E-state index in [0.717, 1.165) is 6.20 Å². The fourth-order valence-electron chi connectivity index (χ4n) is 2.68. The SMILES string of the molecule is CC1(NS(=O)(=O)c2cc(Cl)c3c(Cl)nc(-c4nnc(C(F)(F)F)s4)n3c2)COC1. The molecule has 1 aliphatic rings. The summed E-state index contributed by atoms with van der Waals surface area (Å²) >= 11 is 12.5. The van der Waals surface area contributed by atoms with Gasteiger partial charge in [0.2, 0.25) is 15.0 Å². The summed E-state index contributed by atoms with van der Waals surface area (Å²) in [4.78, 5) is 3.77. The van der Waals surface area contributed by atoms with Crippen molar-refractivity contribution >= 4 is 50.1 Å². The lowest BCUT2D eigenvalue weighted by Crippen LogP contribution is -2.59. The van der Waals surface area contributed by atoms with Crippen LogP contribution in [0.1, 0.15) is 11.9 Å². The zero-order valence-electron chi connectivity index (χ0n) is 14.3. The summed E-state index contributed by atoms with van der Waals surface area (Å²) < 4.78 is 72.8. The van der Waals surface area contributed by atoms with Crippen LogP contribution in [0, 0.1) is 0 Å². The molecule has 0 aliphatic carbocycles. The van der Waals surface area contributed by atoms with Crippen LogP contribution in [0.5, 0.6) is 0 Å². The number of aromatic nitrogens is 4. The third-order valence-corrected chi connectivity index (χ3v) is 7.13. The number of nitrogens with zero attached hydrogens (tertiary/aromatic N) is 4. The summed E-state index contributed by atoms with van der Waals surface area (Å²) in [5.41, 5.74) is -0.638. The van der Waals surface area contributed by atoms with Gasteiger partial charge in [-0.05, 0) is 13.0 Å². The molecule has 4 heterocycles. The second-order valence-electron chi connectivity index (χ2n) is 6.54. The van der Waals surface area contributed by atoms with E-state index < -0.39 is 26.7 Å². The van der Waals surface area contributed by atoms with E-state index in [1.807, 2.05) is 0 Å². The van der Waals surface area contributed by atoms with Crippen LogP contribution in [0.2, 0.25) is 10.2 Å². The van der Waals surface area contributed by atoms with E-state index in [2.05, 4.69) is 19.9 Å². The number of fused-ring (bicyclic) bond motifs is 1. The van der Waals surface area contributed by atoms with Gasteiger partial charge in [0.05, 0.1) is 23.8 Å².